The average Bonchev–Trinajstić information content (AvgIpc) is 2.97. The van der Waals surface area contributed by atoms with Crippen LogP contribution in [0.2, 0.25) is 0 Å². The van der Waals surface area contributed by atoms with Crippen molar-refractivity contribution in [3.63, 3.8) is 0 Å². The standard InChI is InChI=1S/C15H25NO3/c1-15(2,3)12-6-7-16(9-12)13(17)10-4-5-11(8-10)14(18)19/h10-12H,4-9H2,1-3H3,(H,18,19)/t10-,11+,12?/m1/s1. The lowest BCUT2D eigenvalue weighted by atomic mass is 9.80. The van der Waals surface area contributed by atoms with Gasteiger partial charge >= 0.3 is 5.97 Å². The second-order valence-electron chi connectivity index (χ2n) is 7.18. The van der Waals surface area contributed by atoms with Crippen LogP contribution in [0, 0.1) is 23.2 Å². The van der Waals surface area contributed by atoms with E-state index in [2.05, 4.69) is 20.8 Å². The molecule has 3 atom stereocenters. The van der Waals surface area contributed by atoms with Gasteiger partial charge in [0.05, 0.1) is 5.92 Å². The highest BCUT2D eigenvalue weighted by atomic mass is 16.4. The molecule has 4 heteroatoms. The number of rotatable bonds is 2. The van der Waals surface area contributed by atoms with Crippen molar-refractivity contribution in [3.05, 3.63) is 0 Å². The number of carboxylic acids is 1. The number of hydrogen-bond donors (Lipinski definition) is 1. The first-order valence-electron chi connectivity index (χ1n) is 7.30. The summed E-state index contributed by atoms with van der Waals surface area (Å²) in [5.41, 5.74) is 0.244. The predicted molar refractivity (Wildman–Crippen MR) is 72.6 cm³/mol. The number of carboxylic acid groups (broad SMARTS) is 1. The lowest BCUT2D eigenvalue weighted by Gasteiger charge is -2.27. The maximum atomic E-state index is 12.4. The molecule has 1 aliphatic carbocycles. The third-order valence-corrected chi connectivity index (χ3v) is 4.86. The normalized spacial score (nSPS) is 31.7. The molecule has 108 valence electrons. The smallest absolute Gasteiger partial charge is 0.306 e. The van der Waals surface area contributed by atoms with Crippen LogP contribution in [0.15, 0.2) is 0 Å². The monoisotopic (exact) mass is 267 g/mol. The first kappa shape index (κ1) is 14.4. The van der Waals surface area contributed by atoms with Crippen molar-refractivity contribution in [2.45, 2.75) is 46.5 Å². The van der Waals surface area contributed by atoms with Crippen LogP contribution < -0.4 is 0 Å². The summed E-state index contributed by atoms with van der Waals surface area (Å²) in [6.45, 7) is 8.36. The van der Waals surface area contributed by atoms with Gasteiger partial charge in [0.1, 0.15) is 0 Å². The Bertz CT molecular complexity index is 372. The minimum absolute atomic E-state index is 0.0557. The highest BCUT2D eigenvalue weighted by molar-refractivity contribution is 5.81. The zero-order valence-electron chi connectivity index (χ0n) is 12.2. The lowest BCUT2D eigenvalue weighted by molar-refractivity contribution is -0.141. The summed E-state index contributed by atoms with van der Waals surface area (Å²) in [5.74, 6) is -0.359. The van der Waals surface area contributed by atoms with Gasteiger partial charge in [-0.25, -0.2) is 0 Å². The van der Waals surface area contributed by atoms with Crippen LogP contribution in [0.4, 0.5) is 0 Å². The summed E-state index contributed by atoms with van der Waals surface area (Å²) in [7, 11) is 0. The van der Waals surface area contributed by atoms with E-state index >= 15 is 0 Å². The van der Waals surface area contributed by atoms with Crippen molar-refractivity contribution in [1.82, 2.24) is 4.90 Å². The van der Waals surface area contributed by atoms with Crippen LogP contribution in [0.1, 0.15) is 46.5 Å². The third kappa shape index (κ3) is 3.10. The number of hydrogen-bond acceptors (Lipinski definition) is 2. The van der Waals surface area contributed by atoms with E-state index in [1.165, 1.54) is 0 Å². The SMILES string of the molecule is CC(C)(C)C1CCN(C(=O)[C@@H]2CC[C@H](C(=O)O)C2)C1. The van der Waals surface area contributed by atoms with Crippen LogP contribution >= 0.6 is 0 Å². The zero-order valence-corrected chi connectivity index (χ0v) is 12.2. The summed E-state index contributed by atoms with van der Waals surface area (Å²) in [6, 6.07) is 0. The van der Waals surface area contributed by atoms with Gasteiger partial charge in [-0.05, 0) is 37.0 Å². The molecule has 0 aromatic carbocycles. The second-order valence-corrected chi connectivity index (χ2v) is 7.18. The molecule has 19 heavy (non-hydrogen) atoms. The van der Waals surface area contributed by atoms with Gasteiger partial charge in [-0.1, -0.05) is 20.8 Å². The summed E-state index contributed by atoms with van der Waals surface area (Å²) in [6.07, 6.45) is 3.00. The molecule has 0 aromatic heterocycles. The minimum Gasteiger partial charge on any atom is -0.481 e. The molecule has 0 bridgehead atoms. The second kappa shape index (κ2) is 5.14. The molecule has 4 nitrogen and oxygen atoms in total. The average molecular weight is 267 g/mol. The highest BCUT2D eigenvalue weighted by Gasteiger charge is 2.39. The predicted octanol–water partition coefficient (Wildman–Crippen LogP) is 2.38. The van der Waals surface area contributed by atoms with Crippen molar-refractivity contribution in [3.8, 4) is 0 Å². The topological polar surface area (TPSA) is 57.6 Å². The zero-order chi connectivity index (χ0) is 14.2. The molecular weight excluding hydrogens is 242 g/mol. The van der Waals surface area contributed by atoms with Gasteiger partial charge in [0.25, 0.3) is 0 Å². The number of carbonyl (C=O) groups excluding carboxylic acids is 1. The molecule has 2 fully saturated rings. The molecule has 1 unspecified atom stereocenters. The van der Waals surface area contributed by atoms with E-state index in [1.807, 2.05) is 4.90 Å². The lowest BCUT2D eigenvalue weighted by Crippen LogP contribution is -2.35. The van der Waals surface area contributed by atoms with Crippen molar-refractivity contribution in [2.75, 3.05) is 13.1 Å². The first-order chi connectivity index (χ1) is 8.79. The van der Waals surface area contributed by atoms with Crippen LogP contribution in [-0.2, 0) is 9.59 Å². The molecule has 0 radical (unpaired) electrons. The molecule has 2 rings (SSSR count). The number of nitrogens with zero attached hydrogens (tertiary/aromatic N) is 1. The van der Waals surface area contributed by atoms with Crippen molar-refractivity contribution < 1.29 is 14.7 Å². The van der Waals surface area contributed by atoms with Crippen molar-refractivity contribution in [2.24, 2.45) is 23.2 Å². The molecular formula is C15H25NO3. The summed E-state index contributed by atoms with van der Waals surface area (Å²) in [5, 5.41) is 9.00. The van der Waals surface area contributed by atoms with Gasteiger partial charge in [-0.15, -0.1) is 0 Å². The fourth-order valence-electron chi connectivity index (χ4n) is 3.36. The maximum absolute atomic E-state index is 12.4. The Morgan fingerprint density at radius 3 is 2.21 bits per heavy atom. The van der Waals surface area contributed by atoms with E-state index in [0.29, 0.717) is 18.8 Å². The van der Waals surface area contributed by atoms with E-state index < -0.39 is 5.97 Å². The summed E-state index contributed by atoms with van der Waals surface area (Å²) in [4.78, 5) is 25.3. The molecule has 0 spiro atoms. The van der Waals surface area contributed by atoms with Crippen LogP contribution in [0.3, 0.4) is 0 Å². The van der Waals surface area contributed by atoms with E-state index in [4.69, 9.17) is 5.11 Å². The Labute approximate surface area is 115 Å². The minimum atomic E-state index is -0.746. The fourth-order valence-corrected chi connectivity index (χ4v) is 3.36. The molecule has 0 aromatic rings. The Kier molecular flexibility index (Phi) is 3.88. The Morgan fingerprint density at radius 2 is 1.74 bits per heavy atom. The molecule has 1 heterocycles. The van der Waals surface area contributed by atoms with Crippen LogP contribution in [-0.4, -0.2) is 35.0 Å². The maximum Gasteiger partial charge on any atom is 0.306 e. The number of carbonyl (C=O) groups is 2. The molecule has 1 amide bonds. The van der Waals surface area contributed by atoms with Crippen molar-refractivity contribution in [1.29, 1.82) is 0 Å². The summed E-state index contributed by atoms with van der Waals surface area (Å²) < 4.78 is 0. The van der Waals surface area contributed by atoms with E-state index in [-0.39, 0.29) is 23.2 Å². The molecule has 1 saturated carbocycles. The van der Waals surface area contributed by atoms with Gasteiger partial charge in [-0.2, -0.15) is 0 Å². The van der Waals surface area contributed by atoms with Gasteiger partial charge in [0.15, 0.2) is 0 Å². The number of aliphatic carboxylic acids is 1. The van der Waals surface area contributed by atoms with Crippen LogP contribution in [0.5, 0.6) is 0 Å². The van der Waals surface area contributed by atoms with E-state index in [1.54, 1.807) is 0 Å². The quantitative estimate of drug-likeness (QED) is 0.835. The number of likely N-dealkylation sites (tertiary alicyclic amines) is 1. The fraction of sp³-hybridized carbons (Fsp3) is 0.867. The van der Waals surface area contributed by atoms with Gasteiger partial charge in [-0.3, -0.25) is 9.59 Å². The highest BCUT2D eigenvalue weighted by Crippen LogP contribution is 2.37. The molecule has 1 aliphatic heterocycles. The number of amides is 1. The Balaban J connectivity index is 1.90. The largest absolute Gasteiger partial charge is 0.481 e. The van der Waals surface area contributed by atoms with Gasteiger partial charge in [0, 0.05) is 19.0 Å². The summed E-state index contributed by atoms with van der Waals surface area (Å²) >= 11 is 0. The van der Waals surface area contributed by atoms with Gasteiger partial charge in [0.2, 0.25) is 5.91 Å². The van der Waals surface area contributed by atoms with Gasteiger partial charge < -0.3 is 10.0 Å². The van der Waals surface area contributed by atoms with Crippen LogP contribution in [0.25, 0.3) is 0 Å². The van der Waals surface area contributed by atoms with Crippen molar-refractivity contribution >= 4 is 11.9 Å². The first-order valence-corrected chi connectivity index (χ1v) is 7.30. The Hall–Kier alpha value is -1.06. The Morgan fingerprint density at radius 1 is 1.11 bits per heavy atom. The molecule has 1 saturated heterocycles. The molecule has 2 aliphatic rings. The van der Waals surface area contributed by atoms with E-state index in [0.717, 1.165) is 25.9 Å². The third-order valence-electron chi connectivity index (χ3n) is 4.86. The van der Waals surface area contributed by atoms with E-state index in [9.17, 15) is 9.59 Å². The molecule has 1 N–H and O–H groups in total.